The van der Waals surface area contributed by atoms with E-state index in [0.29, 0.717) is 11.8 Å². The van der Waals surface area contributed by atoms with Crippen molar-refractivity contribution in [1.82, 2.24) is 0 Å². The first kappa shape index (κ1) is 7.97. The molecule has 0 spiro atoms. The molecule has 0 aromatic heterocycles. The van der Waals surface area contributed by atoms with E-state index < -0.39 is 7.72 Å². The van der Waals surface area contributed by atoms with Crippen molar-refractivity contribution in [3.63, 3.8) is 0 Å². The normalized spacial score (nSPS) is 44.9. The van der Waals surface area contributed by atoms with Crippen LogP contribution >= 0.6 is 7.72 Å². The molecular weight excluding hydrogens is 159 g/mol. The van der Waals surface area contributed by atoms with E-state index in [1.54, 1.807) is 0 Å². The summed E-state index contributed by atoms with van der Waals surface area (Å²) in [5.41, 5.74) is 0. The second-order valence-electron chi connectivity index (χ2n) is 4.20. The van der Waals surface area contributed by atoms with Gasteiger partial charge in [0.25, 0.3) is 0 Å². The van der Waals surface area contributed by atoms with Crippen LogP contribution in [0.1, 0.15) is 25.7 Å². The topological polar surface area (TPSA) is 40.5 Å². The van der Waals surface area contributed by atoms with Gasteiger partial charge in [-0.05, 0) is 0 Å². The van der Waals surface area contributed by atoms with Gasteiger partial charge in [-0.25, -0.2) is 0 Å². The zero-order valence-electron chi connectivity index (χ0n) is 6.79. The van der Waals surface area contributed by atoms with E-state index in [1.807, 2.05) is 0 Å². The van der Waals surface area contributed by atoms with Crippen molar-refractivity contribution in [1.29, 1.82) is 0 Å². The third-order valence-corrected chi connectivity index (χ3v) is 5.60. The molecule has 2 N–H and O–H groups in total. The van der Waals surface area contributed by atoms with E-state index in [2.05, 4.69) is 0 Å². The molecule has 0 bridgehead atoms. The van der Waals surface area contributed by atoms with Crippen LogP contribution in [0.25, 0.3) is 0 Å². The summed E-state index contributed by atoms with van der Waals surface area (Å²) in [4.78, 5) is 19.0. The maximum absolute atomic E-state index is 9.52. The first-order chi connectivity index (χ1) is 5.17. The van der Waals surface area contributed by atoms with Gasteiger partial charge in [-0.3, -0.25) is 0 Å². The predicted octanol–water partition coefficient (Wildman–Crippen LogP) is 1.37. The first-order valence-electron chi connectivity index (χ1n) is 4.62. The van der Waals surface area contributed by atoms with Crippen molar-refractivity contribution >= 4 is 7.72 Å². The van der Waals surface area contributed by atoms with Crippen LogP contribution in [0, 0.1) is 11.8 Å². The molecule has 0 aromatic carbocycles. The minimum atomic E-state index is -2.67. The van der Waals surface area contributed by atoms with E-state index in [4.69, 9.17) is 0 Å². The van der Waals surface area contributed by atoms with Crippen molar-refractivity contribution in [2.24, 2.45) is 11.8 Å². The molecule has 11 heavy (non-hydrogen) atoms. The SMILES string of the molecule is O[PH]1(O)CC2CCCCC2C1. The molecule has 0 aromatic rings. The van der Waals surface area contributed by atoms with Gasteiger partial charge in [0.15, 0.2) is 0 Å². The molecule has 2 aliphatic rings. The fourth-order valence-electron chi connectivity index (χ4n) is 2.75. The number of rotatable bonds is 0. The van der Waals surface area contributed by atoms with Gasteiger partial charge < -0.3 is 0 Å². The van der Waals surface area contributed by atoms with Gasteiger partial charge in [-0.1, -0.05) is 0 Å². The van der Waals surface area contributed by atoms with Gasteiger partial charge >= 0.3 is 67.3 Å². The van der Waals surface area contributed by atoms with Gasteiger partial charge in [0.05, 0.1) is 0 Å². The van der Waals surface area contributed by atoms with Crippen molar-refractivity contribution < 1.29 is 9.79 Å². The summed E-state index contributed by atoms with van der Waals surface area (Å²) in [5.74, 6) is 1.34. The van der Waals surface area contributed by atoms with Gasteiger partial charge in [-0.2, -0.15) is 0 Å². The molecular formula is C8H17O2P. The summed E-state index contributed by atoms with van der Waals surface area (Å²) >= 11 is 0. The molecule has 2 rings (SSSR count). The van der Waals surface area contributed by atoms with Crippen LogP contribution in [0.4, 0.5) is 0 Å². The van der Waals surface area contributed by atoms with Crippen molar-refractivity contribution in [3.05, 3.63) is 0 Å². The minimum absolute atomic E-state index is 0.672. The van der Waals surface area contributed by atoms with Crippen molar-refractivity contribution in [2.45, 2.75) is 25.7 Å². The summed E-state index contributed by atoms with van der Waals surface area (Å²) in [7, 11) is -2.67. The average molecular weight is 176 g/mol. The van der Waals surface area contributed by atoms with E-state index in [9.17, 15) is 9.79 Å². The molecule has 3 heteroatoms. The van der Waals surface area contributed by atoms with Gasteiger partial charge in [0.1, 0.15) is 0 Å². The number of hydrogen-bond acceptors (Lipinski definition) is 2. The van der Waals surface area contributed by atoms with E-state index in [1.165, 1.54) is 25.7 Å². The fourth-order valence-corrected chi connectivity index (χ4v) is 5.67. The third-order valence-electron chi connectivity index (χ3n) is 3.24. The summed E-state index contributed by atoms with van der Waals surface area (Å²) in [6, 6.07) is 0. The summed E-state index contributed by atoms with van der Waals surface area (Å²) in [6.45, 7) is 0. The van der Waals surface area contributed by atoms with E-state index in [0.717, 1.165) is 12.3 Å². The zero-order valence-corrected chi connectivity index (χ0v) is 7.79. The zero-order chi connectivity index (χ0) is 7.90. The molecule has 1 saturated heterocycles. The standard InChI is InChI=1S/C8H17O2P/c9-11(10)5-7-3-1-2-4-8(7)6-11/h7-11H,1-6H2. The van der Waals surface area contributed by atoms with E-state index >= 15 is 0 Å². The van der Waals surface area contributed by atoms with Crippen LogP contribution in [0.3, 0.4) is 0 Å². The Hall–Kier alpha value is 0.350. The Kier molecular flexibility index (Phi) is 1.95. The molecule has 2 nitrogen and oxygen atoms in total. The maximum atomic E-state index is 9.52. The Morgan fingerprint density at radius 3 is 1.82 bits per heavy atom. The van der Waals surface area contributed by atoms with Crippen LogP contribution < -0.4 is 0 Å². The van der Waals surface area contributed by atoms with Crippen LogP contribution in [-0.2, 0) is 0 Å². The quantitative estimate of drug-likeness (QED) is 0.547. The number of hydrogen-bond donors (Lipinski definition) is 2. The number of fused-ring (bicyclic) bond motifs is 1. The summed E-state index contributed by atoms with van der Waals surface area (Å²) in [6.07, 6.45) is 6.65. The predicted molar refractivity (Wildman–Crippen MR) is 47.9 cm³/mol. The van der Waals surface area contributed by atoms with Crippen LogP contribution in [0.15, 0.2) is 0 Å². The molecule has 1 saturated carbocycles. The van der Waals surface area contributed by atoms with Crippen LogP contribution in [0.5, 0.6) is 0 Å². The molecule has 0 amide bonds. The molecule has 1 heterocycles. The molecule has 2 unspecified atom stereocenters. The Bertz CT molecular complexity index is 142. The van der Waals surface area contributed by atoms with Crippen molar-refractivity contribution in [2.75, 3.05) is 12.3 Å². The van der Waals surface area contributed by atoms with E-state index in [-0.39, 0.29) is 0 Å². The molecule has 66 valence electrons. The average Bonchev–Trinajstić information content (AvgIpc) is 2.21. The molecule has 1 aliphatic heterocycles. The van der Waals surface area contributed by atoms with Crippen molar-refractivity contribution in [3.8, 4) is 0 Å². The Balaban J connectivity index is 2.03. The second-order valence-corrected chi connectivity index (χ2v) is 6.98. The monoisotopic (exact) mass is 176 g/mol. The summed E-state index contributed by atoms with van der Waals surface area (Å²) in [5, 5.41) is 0. The van der Waals surface area contributed by atoms with Crippen LogP contribution in [-0.4, -0.2) is 22.1 Å². The molecule has 2 atom stereocenters. The van der Waals surface area contributed by atoms with Gasteiger partial charge in [0, 0.05) is 0 Å². The Morgan fingerprint density at radius 1 is 0.909 bits per heavy atom. The summed E-state index contributed by atoms with van der Waals surface area (Å²) < 4.78 is 0. The molecule has 1 aliphatic carbocycles. The van der Waals surface area contributed by atoms with Crippen LogP contribution in [0.2, 0.25) is 0 Å². The third kappa shape index (κ3) is 1.58. The fraction of sp³-hybridized carbons (Fsp3) is 1.00. The first-order valence-corrected chi connectivity index (χ1v) is 6.93. The van der Waals surface area contributed by atoms with Gasteiger partial charge in [0.2, 0.25) is 0 Å². The van der Waals surface area contributed by atoms with Gasteiger partial charge in [-0.15, -0.1) is 0 Å². The Morgan fingerprint density at radius 2 is 1.36 bits per heavy atom. The Labute approximate surface area is 68.1 Å². The molecule has 0 radical (unpaired) electrons. The molecule has 2 fully saturated rings. The second kappa shape index (κ2) is 2.69.